The molecule has 0 bridgehead atoms. The normalized spacial score (nSPS) is 10.4. The molecule has 0 radical (unpaired) electrons. The van der Waals surface area contributed by atoms with Crippen LogP contribution in [0.1, 0.15) is 18.9 Å². The number of rotatable bonds is 9. The topological polar surface area (TPSA) is 98.2 Å². The van der Waals surface area contributed by atoms with E-state index in [1.54, 1.807) is 49.6 Å². The highest BCUT2D eigenvalue weighted by Crippen LogP contribution is 2.22. The number of carbonyl (C=O) groups excluding carboxylic acids is 2. The van der Waals surface area contributed by atoms with Gasteiger partial charge in [0.15, 0.2) is 0 Å². The van der Waals surface area contributed by atoms with Gasteiger partial charge < -0.3 is 19.5 Å². The summed E-state index contributed by atoms with van der Waals surface area (Å²) in [6.45, 7) is 2.45. The minimum Gasteiger partial charge on any atom is -0.497 e. The number of benzene rings is 2. The molecule has 0 aliphatic carbocycles. The summed E-state index contributed by atoms with van der Waals surface area (Å²) < 4.78 is 15.7. The Morgan fingerprint density at radius 3 is 2.36 bits per heavy atom. The van der Waals surface area contributed by atoms with Gasteiger partial charge in [0.2, 0.25) is 11.8 Å². The maximum atomic E-state index is 12.0. The summed E-state index contributed by atoms with van der Waals surface area (Å²) in [7, 11) is 3.08. The van der Waals surface area contributed by atoms with Crippen LogP contribution < -0.4 is 25.0 Å². The second kappa shape index (κ2) is 10.6. The number of hydrazone groups is 1. The second-order valence-corrected chi connectivity index (χ2v) is 5.58. The molecule has 0 atom stereocenters. The van der Waals surface area contributed by atoms with Gasteiger partial charge in [-0.05, 0) is 49.4 Å². The number of amides is 2. The molecule has 0 fully saturated rings. The molecule has 2 aromatic rings. The van der Waals surface area contributed by atoms with Crippen molar-refractivity contribution in [2.75, 3.05) is 26.1 Å². The zero-order valence-electron chi connectivity index (χ0n) is 16.0. The zero-order valence-corrected chi connectivity index (χ0v) is 16.0. The van der Waals surface area contributed by atoms with Crippen molar-refractivity contribution in [1.82, 2.24) is 5.43 Å². The van der Waals surface area contributed by atoms with E-state index < -0.39 is 11.8 Å². The maximum absolute atomic E-state index is 12.0. The van der Waals surface area contributed by atoms with Crippen LogP contribution >= 0.6 is 0 Å². The lowest BCUT2D eigenvalue weighted by molar-refractivity contribution is -0.126. The summed E-state index contributed by atoms with van der Waals surface area (Å²) in [5, 5.41) is 6.50. The van der Waals surface area contributed by atoms with Gasteiger partial charge >= 0.3 is 0 Å². The highest BCUT2D eigenvalue weighted by atomic mass is 16.5. The minimum absolute atomic E-state index is 0.361. The lowest BCUT2D eigenvalue weighted by atomic mass is 10.2. The number of anilines is 1. The van der Waals surface area contributed by atoms with Crippen molar-refractivity contribution in [2.24, 2.45) is 5.10 Å². The predicted octanol–water partition coefficient (Wildman–Crippen LogP) is 2.58. The fourth-order valence-corrected chi connectivity index (χ4v) is 2.31. The smallest absolute Gasteiger partial charge is 0.249 e. The maximum Gasteiger partial charge on any atom is 0.249 e. The van der Waals surface area contributed by atoms with Crippen molar-refractivity contribution >= 4 is 23.7 Å². The Hall–Kier alpha value is -3.55. The predicted molar refractivity (Wildman–Crippen MR) is 106 cm³/mol. The quantitative estimate of drug-likeness (QED) is 0.393. The van der Waals surface area contributed by atoms with Crippen LogP contribution in [-0.2, 0) is 9.59 Å². The first-order valence-electron chi connectivity index (χ1n) is 8.62. The van der Waals surface area contributed by atoms with Gasteiger partial charge in [0.25, 0.3) is 0 Å². The van der Waals surface area contributed by atoms with Crippen molar-refractivity contribution in [3.05, 3.63) is 48.0 Å². The molecule has 2 aromatic carbocycles. The molecule has 0 saturated heterocycles. The molecule has 8 heteroatoms. The summed E-state index contributed by atoms with van der Waals surface area (Å²) in [4.78, 5) is 23.8. The molecule has 0 unspecified atom stereocenters. The van der Waals surface area contributed by atoms with Crippen molar-refractivity contribution in [2.45, 2.75) is 13.3 Å². The molecule has 2 N–H and O–H groups in total. The molecule has 2 amide bonds. The van der Waals surface area contributed by atoms with Crippen molar-refractivity contribution in [1.29, 1.82) is 0 Å². The molecule has 8 nitrogen and oxygen atoms in total. The van der Waals surface area contributed by atoms with E-state index in [0.717, 1.165) is 0 Å². The van der Waals surface area contributed by atoms with Crippen LogP contribution in [0, 0.1) is 0 Å². The number of methoxy groups -OCH3 is 2. The van der Waals surface area contributed by atoms with E-state index in [-0.39, 0.29) is 6.42 Å². The molecule has 0 saturated carbocycles. The Morgan fingerprint density at radius 1 is 1.00 bits per heavy atom. The fraction of sp³-hybridized carbons (Fsp3) is 0.250. The number of hydrogen-bond donors (Lipinski definition) is 2. The summed E-state index contributed by atoms with van der Waals surface area (Å²) in [6, 6.07) is 12.1. The number of hydrogen-bond acceptors (Lipinski definition) is 6. The molecule has 0 aliphatic rings. The van der Waals surface area contributed by atoms with Gasteiger partial charge in [-0.15, -0.1) is 0 Å². The standard InChI is InChI=1S/C20H23N3O5/c1-4-28-16-7-5-15(6-8-16)22-19(24)12-20(25)23-21-13-14-11-17(26-2)9-10-18(14)27-3/h5-11,13H,4,12H2,1-3H3,(H,22,24)(H,23,25). The summed E-state index contributed by atoms with van der Waals surface area (Å²) in [5.41, 5.74) is 3.52. The van der Waals surface area contributed by atoms with E-state index in [0.29, 0.717) is 35.1 Å². The largest absolute Gasteiger partial charge is 0.497 e. The molecular weight excluding hydrogens is 362 g/mol. The van der Waals surface area contributed by atoms with Crippen LogP contribution in [0.15, 0.2) is 47.6 Å². The zero-order chi connectivity index (χ0) is 20.4. The molecule has 0 aliphatic heterocycles. The molecule has 148 valence electrons. The first-order chi connectivity index (χ1) is 13.5. The Kier molecular flexibility index (Phi) is 7.83. The van der Waals surface area contributed by atoms with E-state index in [1.165, 1.54) is 13.3 Å². The Bertz CT molecular complexity index is 834. The van der Waals surface area contributed by atoms with Crippen LogP contribution in [0.4, 0.5) is 5.69 Å². The number of carbonyl (C=O) groups is 2. The van der Waals surface area contributed by atoms with Crippen LogP contribution in [0.3, 0.4) is 0 Å². The molecule has 2 rings (SSSR count). The van der Waals surface area contributed by atoms with Gasteiger partial charge in [-0.3, -0.25) is 9.59 Å². The highest BCUT2D eigenvalue weighted by molar-refractivity contribution is 6.03. The molecule has 0 spiro atoms. The van der Waals surface area contributed by atoms with Crippen LogP contribution in [0.5, 0.6) is 17.2 Å². The van der Waals surface area contributed by atoms with Gasteiger partial charge in [-0.1, -0.05) is 0 Å². The average Bonchev–Trinajstić information content (AvgIpc) is 2.69. The highest BCUT2D eigenvalue weighted by Gasteiger charge is 2.09. The summed E-state index contributed by atoms with van der Waals surface area (Å²) in [6.07, 6.45) is 1.06. The number of nitrogens with one attached hydrogen (secondary N) is 2. The summed E-state index contributed by atoms with van der Waals surface area (Å²) in [5.74, 6) is 0.924. The molecule has 0 aromatic heterocycles. The molecular formula is C20H23N3O5. The van der Waals surface area contributed by atoms with E-state index in [9.17, 15) is 9.59 Å². The third-order valence-corrected chi connectivity index (χ3v) is 3.60. The third kappa shape index (κ3) is 6.31. The van der Waals surface area contributed by atoms with Gasteiger partial charge in [0.1, 0.15) is 23.7 Å². The molecule has 28 heavy (non-hydrogen) atoms. The van der Waals surface area contributed by atoms with Crippen LogP contribution in [0.2, 0.25) is 0 Å². The van der Waals surface area contributed by atoms with Crippen molar-refractivity contribution in [3.8, 4) is 17.2 Å². The SMILES string of the molecule is CCOc1ccc(NC(=O)CC(=O)NN=Cc2cc(OC)ccc2OC)cc1. The monoisotopic (exact) mass is 385 g/mol. The van der Waals surface area contributed by atoms with Gasteiger partial charge in [-0.2, -0.15) is 5.10 Å². The third-order valence-electron chi connectivity index (χ3n) is 3.60. The lowest BCUT2D eigenvalue weighted by Gasteiger charge is -2.07. The second-order valence-electron chi connectivity index (χ2n) is 5.58. The van der Waals surface area contributed by atoms with Crippen LogP contribution in [0.25, 0.3) is 0 Å². The Balaban J connectivity index is 1.86. The van der Waals surface area contributed by atoms with Crippen molar-refractivity contribution < 1.29 is 23.8 Å². The summed E-state index contributed by atoms with van der Waals surface area (Å²) >= 11 is 0. The minimum atomic E-state index is -0.540. The van der Waals surface area contributed by atoms with Gasteiger partial charge in [-0.25, -0.2) is 5.43 Å². The van der Waals surface area contributed by atoms with E-state index in [4.69, 9.17) is 14.2 Å². The van der Waals surface area contributed by atoms with E-state index in [1.807, 2.05) is 6.92 Å². The van der Waals surface area contributed by atoms with Crippen molar-refractivity contribution in [3.63, 3.8) is 0 Å². The Morgan fingerprint density at radius 2 is 1.71 bits per heavy atom. The average molecular weight is 385 g/mol. The first-order valence-corrected chi connectivity index (χ1v) is 8.62. The lowest BCUT2D eigenvalue weighted by Crippen LogP contribution is -2.24. The van der Waals surface area contributed by atoms with Gasteiger partial charge in [0.05, 0.1) is 27.0 Å². The van der Waals surface area contributed by atoms with E-state index in [2.05, 4.69) is 15.8 Å². The Labute approximate surface area is 163 Å². The van der Waals surface area contributed by atoms with E-state index >= 15 is 0 Å². The van der Waals surface area contributed by atoms with Gasteiger partial charge in [0, 0.05) is 11.3 Å². The fourth-order valence-electron chi connectivity index (χ4n) is 2.31. The number of nitrogens with zero attached hydrogens (tertiary/aromatic N) is 1. The van der Waals surface area contributed by atoms with Crippen LogP contribution in [-0.4, -0.2) is 38.9 Å². The number of ether oxygens (including phenoxy) is 3. The first kappa shape index (κ1) is 20.8. The molecule has 0 heterocycles.